The zero-order valence-corrected chi connectivity index (χ0v) is 9.34. The lowest BCUT2D eigenvalue weighted by Gasteiger charge is -2.09. The molecule has 2 aromatic rings. The molecular formula is C13H17NO. The first-order valence-electron chi connectivity index (χ1n) is 5.40. The Morgan fingerprint density at radius 3 is 2.87 bits per heavy atom. The van der Waals surface area contributed by atoms with E-state index in [1.807, 2.05) is 6.07 Å². The summed E-state index contributed by atoms with van der Waals surface area (Å²) >= 11 is 0. The summed E-state index contributed by atoms with van der Waals surface area (Å²) in [6.07, 6.45) is 3.87. The van der Waals surface area contributed by atoms with Crippen LogP contribution in [0.2, 0.25) is 0 Å². The van der Waals surface area contributed by atoms with Crippen LogP contribution in [0.3, 0.4) is 0 Å². The predicted octanol–water partition coefficient (Wildman–Crippen LogP) is 2.94. The molecule has 0 amide bonds. The zero-order valence-electron chi connectivity index (χ0n) is 9.34. The molecule has 0 saturated heterocycles. The number of nitrogens with two attached hydrogens (primary N) is 1. The summed E-state index contributed by atoms with van der Waals surface area (Å²) in [6, 6.07) is 4.16. The first-order chi connectivity index (χ1) is 7.24. The van der Waals surface area contributed by atoms with Gasteiger partial charge in [-0.2, -0.15) is 0 Å². The highest BCUT2D eigenvalue weighted by Crippen LogP contribution is 2.26. The van der Waals surface area contributed by atoms with Crippen molar-refractivity contribution in [3.8, 4) is 0 Å². The number of hydrogen-bond donors (Lipinski definition) is 1. The number of fused-ring (bicyclic) bond motifs is 1. The van der Waals surface area contributed by atoms with Crippen LogP contribution in [0.4, 0.5) is 0 Å². The van der Waals surface area contributed by atoms with Gasteiger partial charge in [0.25, 0.3) is 0 Å². The molecule has 0 bridgehead atoms. The Kier molecular flexibility index (Phi) is 2.78. The molecule has 0 atom stereocenters. The molecule has 2 nitrogen and oxygen atoms in total. The van der Waals surface area contributed by atoms with Crippen molar-refractivity contribution in [1.82, 2.24) is 0 Å². The third kappa shape index (κ3) is 1.77. The normalized spacial score (nSPS) is 11.1. The molecule has 15 heavy (non-hydrogen) atoms. The molecule has 0 aliphatic rings. The van der Waals surface area contributed by atoms with Crippen LogP contribution in [0.1, 0.15) is 23.1 Å². The largest absolute Gasteiger partial charge is 0.464 e. The second-order valence-corrected chi connectivity index (χ2v) is 4.02. The molecule has 0 saturated carbocycles. The zero-order chi connectivity index (χ0) is 10.8. The Balaban J connectivity index is 2.52. The molecule has 2 heteroatoms. The van der Waals surface area contributed by atoms with Gasteiger partial charge in [-0.1, -0.05) is 0 Å². The van der Waals surface area contributed by atoms with E-state index in [1.54, 1.807) is 6.26 Å². The highest BCUT2D eigenvalue weighted by Gasteiger charge is 2.08. The molecule has 1 heterocycles. The average molecular weight is 203 g/mol. The van der Waals surface area contributed by atoms with Gasteiger partial charge in [0, 0.05) is 5.39 Å². The maximum Gasteiger partial charge on any atom is 0.134 e. The van der Waals surface area contributed by atoms with Gasteiger partial charge in [-0.25, -0.2) is 0 Å². The van der Waals surface area contributed by atoms with E-state index in [9.17, 15) is 0 Å². The minimum Gasteiger partial charge on any atom is -0.464 e. The number of rotatable bonds is 3. The third-order valence-electron chi connectivity index (χ3n) is 3.01. The highest BCUT2D eigenvalue weighted by atomic mass is 16.3. The van der Waals surface area contributed by atoms with E-state index in [2.05, 4.69) is 19.9 Å². The standard InChI is InChI=1S/C13H17NO/c1-9-8-13-12(5-7-15-13)10(2)11(9)4-3-6-14/h5,7-8H,3-4,6,14H2,1-2H3. The van der Waals surface area contributed by atoms with Gasteiger partial charge in [0.15, 0.2) is 0 Å². The summed E-state index contributed by atoms with van der Waals surface area (Å²) in [5.74, 6) is 0. The monoisotopic (exact) mass is 203 g/mol. The van der Waals surface area contributed by atoms with Crippen molar-refractivity contribution in [2.24, 2.45) is 5.73 Å². The number of aryl methyl sites for hydroxylation is 2. The first-order valence-corrected chi connectivity index (χ1v) is 5.40. The molecule has 0 radical (unpaired) electrons. The molecule has 0 unspecified atom stereocenters. The van der Waals surface area contributed by atoms with Gasteiger partial charge in [0.05, 0.1) is 6.26 Å². The van der Waals surface area contributed by atoms with Gasteiger partial charge in [-0.05, 0) is 62.1 Å². The minimum atomic E-state index is 0.752. The number of hydrogen-bond acceptors (Lipinski definition) is 2. The van der Waals surface area contributed by atoms with Crippen LogP contribution in [-0.4, -0.2) is 6.54 Å². The predicted molar refractivity (Wildman–Crippen MR) is 63.1 cm³/mol. The molecular weight excluding hydrogens is 186 g/mol. The van der Waals surface area contributed by atoms with Crippen LogP contribution in [0.25, 0.3) is 11.0 Å². The second-order valence-electron chi connectivity index (χ2n) is 4.02. The molecule has 0 aliphatic heterocycles. The van der Waals surface area contributed by atoms with E-state index in [4.69, 9.17) is 10.2 Å². The van der Waals surface area contributed by atoms with Crippen molar-refractivity contribution in [2.75, 3.05) is 6.54 Å². The molecule has 0 aliphatic carbocycles. The van der Waals surface area contributed by atoms with E-state index in [1.165, 1.54) is 22.1 Å². The average Bonchev–Trinajstić information content (AvgIpc) is 2.65. The van der Waals surface area contributed by atoms with Gasteiger partial charge in [0.1, 0.15) is 5.58 Å². The molecule has 1 aromatic carbocycles. The SMILES string of the molecule is Cc1cc2occc2c(C)c1CCCN. The van der Waals surface area contributed by atoms with Gasteiger partial charge >= 0.3 is 0 Å². The smallest absolute Gasteiger partial charge is 0.134 e. The second kappa shape index (κ2) is 4.07. The molecule has 80 valence electrons. The van der Waals surface area contributed by atoms with Gasteiger partial charge in [0.2, 0.25) is 0 Å². The summed E-state index contributed by atoms with van der Waals surface area (Å²) in [5.41, 5.74) is 10.6. The van der Waals surface area contributed by atoms with Crippen molar-refractivity contribution in [3.05, 3.63) is 35.1 Å². The Labute approximate surface area is 90.1 Å². The maximum absolute atomic E-state index is 5.55. The van der Waals surface area contributed by atoms with E-state index in [0.717, 1.165) is 25.0 Å². The van der Waals surface area contributed by atoms with Crippen molar-refractivity contribution in [1.29, 1.82) is 0 Å². The third-order valence-corrected chi connectivity index (χ3v) is 3.01. The van der Waals surface area contributed by atoms with Crippen LogP contribution >= 0.6 is 0 Å². The Morgan fingerprint density at radius 1 is 1.33 bits per heavy atom. The van der Waals surface area contributed by atoms with Crippen molar-refractivity contribution in [3.63, 3.8) is 0 Å². The first kappa shape index (κ1) is 10.2. The fraction of sp³-hybridized carbons (Fsp3) is 0.385. The molecule has 1 aromatic heterocycles. The number of furan rings is 1. The van der Waals surface area contributed by atoms with Gasteiger partial charge in [-0.15, -0.1) is 0 Å². The van der Waals surface area contributed by atoms with Crippen molar-refractivity contribution >= 4 is 11.0 Å². The van der Waals surface area contributed by atoms with Crippen LogP contribution in [0.5, 0.6) is 0 Å². The summed E-state index contributed by atoms with van der Waals surface area (Å²) in [4.78, 5) is 0. The maximum atomic E-state index is 5.55. The van der Waals surface area contributed by atoms with Gasteiger partial charge < -0.3 is 10.2 Å². The van der Waals surface area contributed by atoms with E-state index in [-0.39, 0.29) is 0 Å². The molecule has 2 N–H and O–H groups in total. The lowest BCUT2D eigenvalue weighted by atomic mass is 9.96. The van der Waals surface area contributed by atoms with Crippen LogP contribution in [0, 0.1) is 13.8 Å². The van der Waals surface area contributed by atoms with Crippen LogP contribution in [0.15, 0.2) is 22.8 Å². The quantitative estimate of drug-likeness (QED) is 0.833. The Bertz CT molecular complexity index is 471. The van der Waals surface area contributed by atoms with Gasteiger partial charge in [-0.3, -0.25) is 0 Å². The molecule has 2 rings (SSSR count). The van der Waals surface area contributed by atoms with Crippen molar-refractivity contribution < 1.29 is 4.42 Å². The lowest BCUT2D eigenvalue weighted by molar-refractivity contribution is 0.615. The topological polar surface area (TPSA) is 39.2 Å². The summed E-state index contributed by atoms with van der Waals surface area (Å²) in [5, 5.41) is 1.23. The minimum absolute atomic E-state index is 0.752. The summed E-state index contributed by atoms with van der Waals surface area (Å²) in [6.45, 7) is 5.06. The number of benzene rings is 1. The Hall–Kier alpha value is -1.28. The van der Waals surface area contributed by atoms with Crippen LogP contribution < -0.4 is 5.73 Å². The highest BCUT2D eigenvalue weighted by molar-refractivity contribution is 5.83. The molecule has 0 fully saturated rings. The van der Waals surface area contributed by atoms with Crippen molar-refractivity contribution in [2.45, 2.75) is 26.7 Å². The van der Waals surface area contributed by atoms with E-state index >= 15 is 0 Å². The summed E-state index contributed by atoms with van der Waals surface area (Å²) < 4.78 is 5.41. The Morgan fingerprint density at radius 2 is 2.13 bits per heavy atom. The summed E-state index contributed by atoms with van der Waals surface area (Å²) in [7, 11) is 0. The molecule has 0 spiro atoms. The fourth-order valence-corrected chi connectivity index (χ4v) is 2.15. The van der Waals surface area contributed by atoms with E-state index in [0.29, 0.717) is 0 Å². The lowest BCUT2D eigenvalue weighted by Crippen LogP contribution is -2.02. The fourth-order valence-electron chi connectivity index (χ4n) is 2.15. The van der Waals surface area contributed by atoms with Crippen LogP contribution in [-0.2, 0) is 6.42 Å². The van der Waals surface area contributed by atoms with E-state index < -0.39 is 0 Å².